The number of rotatable bonds is 6. The molecule has 0 aliphatic heterocycles. The van der Waals surface area contributed by atoms with Crippen molar-refractivity contribution in [2.75, 3.05) is 28.4 Å². The summed E-state index contributed by atoms with van der Waals surface area (Å²) in [5.41, 5.74) is 2.36. The predicted octanol–water partition coefficient (Wildman–Crippen LogP) is 5.15. The van der Waals surface area contributed by atoms with Crippen LogP contribution in [0.15, 0.2) is 84.0 Å². The van der Waals surface area contributed by atoms with E-state index in [4.69, 9.17) is 18.9 Å². The van der Waals surface area contributed by atoms with E-state index >= 15 is 0 Å². The van der Waals surface area contributed by atoms with Crippen molar-refractivity contribution in [3.63, 3.8) is 0 Å². The minimum absolute atomic E-state index is 0.0794. The molecule has 9 rings (SSSR count). The maximum atomic E-state index is 14.1. The van der Waals surface area contributed by atoms with Crippen LogP contribution in [-0.2, 0) is 38.1 Å². The number of fused-ring (bicyclic) bond motifs is 1. The highest BCUT2D eigenvalue weighted by Gasteiger charge is 2.79. The summed E-state index contributed by atoms with van der Waals surface area (Å²) >= 11 is 0. The van der Waals surface area contributed by atoms with Crippen LogP contribution in [0.5, 0.6) is 0 Å². The zero-order valence-corrected chi connectivity index (χ0v) is 26.8. The van der Waals surface area contributed by atoms with Gasteiger partial charge in [0.25, 0.3) is 0 Å². The van der Waals surface area contributed by atoms with Gasteiger partial charge >= 0.3 is 23.9 Å². The molecule has 2 fully saturated rings. The fraction of sp³-hybridized carbons (Fsp3) is 0.421. The lowest BCUT2D eigenvalue weighted by Gasteiger charge is -2.76. The Morgan fingerprint density at radius 3 is 1.20 bits per heavy atom. The molecule has 2 saturated carbocycles. The zero-order chi connectivity index (χ0) is 32.7. The fourth-order valence-electron chi connectivity index (χ4n) is 10.8. The molecule has 0 N–H and O–H groups in total. The quantitative estimate of drug-likeness (QED) is 0.248. The number of benzene rings is 2. The first-order valence-corrected chi connectivity index (χ1v) is 15.7. The molecule has 2 aromatic rings. The topological polar surface area (TPSA) is 105 Å². The molecule has 0 amide bonds. The van der Waals surface area contributed by atoms with Crippen molar-refractivity contribution in [2.24, 2.45) is 58.2 Å². The molecule has 0 saturated heterocycles. The van der Waals surface area contributed by atoms with Gasteiger partial charge in [-0.25, -0.2) is 9.59 Å². The van der Waals surface area contributed by atoms with E-state index < -0.39 is 46.5 Å². The van der Waals surface area contributed by atoms with Crippen molar-refractivity contribution in [1.82, 2.24) is 0 Å². The normalized spacial score (nSPS) is 36.3. The molecule has 8 nitrogen and oxygen atoms in total. The number of carbonyl (C=O) groups is 4. The van der Waals surface area contributed by atoms with Crippen LogP contribution >= 0.6 is 0 Å². The molecular weight excluding hydrogens is 584 g/mol. The van der Waals surface area contributed by atoms with Gasteiger partial charge in [-0.2, -0.15) is 0 Å². The van der Waals surface area contributed by atoms with Crippen molar-refractivity contribution in [2.45, 2.75) is 13.8 Å². The van der Waals surface area contributed by atoms with Crippen LogP contribution in [0.2, 0.25) is 0 Å². The van der Waals surface area contributed by atoms with Crippen LogP contribution in [0, 0.1) is 58.2 Å². The zero-order valence-electron chi connectivity index (χ0n) is 26.8. The summed E-state index contributed by atoms with van der Waals surface area (Å²) in [6, 6.07) is 20.0. The Morgan fingerprint density at radius 2 is 0.891 bits per heavy atom. The fourth-order valence-corrected chi connectivity index (χ4v) is 10.8. The number of esters is 4. The molecule has 7 aliphatic carbocycles. The van der Waals surface area contributed by atoms with Crippen molar-refractivity contribution in [3.8, 4) is 0 Å². The summed E-state index contributed by atoms with van der Waals surface area (Å²) in [7, 11) is 5.36. The molecule has 0 radical (unpaired) electrons. The number of ether oxygens (including phenoxy) is 4. The molecule has 2 aromatic carbocycles. The molecule has 0 heterocycles. The van der Waals surface area contributed by atoms with Crippen molar-refractivity contribution >= 4 is 35.0 Å². The van der Waals surface area contributed by atoms with E-state index in [1.54, 1.807) is 0 Å². The van der Waals surface area contributed by atoms with E-state index in [2.05, 4.69) is 26.0 Å². The maximum Gasteiger partial charge on any atom is 0.335 e. The van der Waals surface area contributed by atoms with E-state index in [-0.39, 0.29) is 35.5 Å². The van der Waals surface area contributed by atoms with Crippen molar-refractivity contribution in [3.05, 3.63) is 95.1 Å². The standard InChI is InChI=1S/C38H38O8/c1-37-27(19-13-9-7-10-14-19)28(20-15-11-8-12-16-20)38(2,32(36(42)46-6)31(37)35(41)45-5)30-24-22-18-17-21(23(24)29(30)37)25(33(39)43-3)26(22)34(40)44-4/h7-18,21-26,29-30H,1-6H3/t21-,22-,23-,24-,25-,26+,29-,30-,37+,38+/m1/s1. The number of methoxy groups -OCH3 is 4. The molecule has 10 atom stereocenters. The molecule has 0 spiro atoms. The van der Waals surface area contributed by atoms with Gasteiger partial charge in [-0.05, 0) is 57.8 Å². The number of carbonyl (C=O) groups excluding carboxylic acids is 4. The monoisotopic (exact) mass is 622 g/mol. The van der Waals surface area contributed by atoms with Crippen LogP contribution in [-0.4, -0.2) is 52.3 Å². The molecule has 46 heavy (non-hydrogen) atoms. The average molecular weight is 623 g/mol. The lowest BCUT2D eigenvalue weighted by molar-refractivity contribution is -0.222. The largest absolute Gasteiger partial charge is 0.469 e. The van der Waals surface area contributed by atoms with Gasteiger partial charge in [-0.15, -0.1) is 0 Å². The first-order chi connectivity index (χ1) is 22.1. The second-order valence-corrected chi connectivity index (χ2v) is 13.5. The van der Waals surface area contributed by atoms with Crippen LogP contribution in [0.1, 0.15) is 25.0 Å². The Bertz CT molecular complexity index is 1610. The third-order valence-corrected chi connectivity index (χ3v) is 12.1. The van der Waals surface area contributed by atoms with Gasteiger partial charge < -0.3 is 18.9 Å². The van der Waals surface area contributed by atoms with Crippen LogP contribution in [0.4, 0.5) is 0 Å². The first-order valence-electron chi connectivity index (χ1n) is 15.7. The van der Waals surface area contributed by atoms with E-state index in [0.29, 0.717) is 11.1 Å². The third-order valence-electron chi connectivity index (χ3n) is 12.1. The van der Waals surface area contributed by atoms with Gasteiger partial charge in [0.05, 0.1) is 51.4 Å². The highest BCUT2D eigenvalue weighted by atomic mass is 16.5. The van der Waals surface area contributed by atoms with Gasteiger partial charge in [-0.3, -0.25) is 9.59 Å². The van der Waals surface area contributed by atoms with E-state index in [9.17, 15) is 19.2 Å². The highest BCUT2D eigenvalue weighted by Crippen LogP contribution is 2.83. The summed E-state index contributed by atoms with van der Waals surface area (Å²) in [5.74, 6) is -4.66. The summed E-state index contributed by atoms with van der Waals surface area (Å²) in [5, 5.41) is 0. The Labute approximate surface area is 268 Å². The molecule has 0 aromatic heterocycles. The predicted molar refractivity (Wildman–Crippen MR) is 168 cm³/mol. The average Bonchev–Trinajstić information content (AvgIpc) is 3.07. The lowest BCUT2D eigenvalue weighted by atomic mass is 9.25. The molecule has 7 aliphatic rings. The molecule has 8 heteroatoms. The Kier molecular flexibility index (Phi) is 6.92. The first kappa shape index (κ1) is 30.2. The van der Waals surface area contributed by atoms with Gasteiger partial charge in [-0.1, -0.05) is 86.7 Å². The Hall–Kier alpha value is -4.46. The second-order valence-electron chi connectivity index (χ2n) is 13.5. The van der Waals surface area contributed by atoms with Gasteiger partial charge in [0, 0.05) is 10.8 Å². The van der Waals surface area contributed by atoms with E-state index in [1.165, 1.54) is 28.4 Å². The number of allylic oxidation sites excluding steroid dienone is 4. The van der Waals surface area contributed by atoms with Gasteiger partial charge in [0.2, 0.25) is 0 Å². The van der Waals surface area contributed by atoms with Gasteiger partial charge in [0.15, 0.2) is 0 Å². The maximum absolute atomic E-state index is 14.1. The summed E-state index contributed by atoms with van der Waals surface area (Å²) in [4.78, 5) is 55.0. The van der Waals surface area contributed by atoms with Crippen LogP contribution in [0.3, 0.4) is 0 Å². The summed E-state index contributed by atoms with van der Waals surface area (Å²) in [6.45, 7) is 4.11. The summed E-state index contributed by atoms with van der Waals surface area (Å²) < 4.78 is 21.5. The minimum Gasteiger partial charge on any atom is -0.469 e. The molecule has 0 unspecified atom stereocenters. The smallest absolute Gasteiger partial charge is 0.335 e. The SMILES string of the molecule is COC(=O)C1=C(C(=O)OC)[C@@]2(C)C(c3ccccc3)=C(c3ccccc3)[C@@]1(C)[C@@H]1[C@@H]3[C@H]4C=C[C@@H]([C@H](C(=O)OC)[C@@H]4C(=O)OC)[C@H]3[C@H]12. The van der Waals surface area contributed by atoms with Crippen molar-refractivity contribution < 1.29 is 38.1 Å². The molecule has 4 bridgehead atoms. The third kappa shape index (κ3) is 3.55. The second kappa shape index (κ2) is 10.5. The highest BCUT2D eigenvalue weighted by molar-refractivity contribution is 6.14. The van der Waals surface area contributed by atoms with E-state index in [0.717, 1.165) is 22.3 Å². The summed E-state index contributed by atoms with van der Waals surface area (Å²) in [6.07, 6.45) is 4.12. The van der Waals surface area contributed by atoms with Crippen LogP contribution < -0.4 is 0 Å². The Morgan fingerprint density at radius 1 is 0.543 bits per heavy atom. The molecule has 238 valence electrons. The Balaban J connectivity index is 1.59. The van der Waals surface area contributed by atoms with E-state index in [1.807, 2.05) is 60.7 Å². The van der Waals surface area contributed by atoms with Crippen molar-refractivity contribution in [1.29, 1.82) is 0 Å². The van der Waals surface area contributed by atoms with Crippen LogP contribution in [0.25, 0.3) is 11.1 Å². The minimum atomic E-state index is -1.01. The number of hydrogen-bond acceptors (Lipinski definition) is 8. The lowest BCUT2D eigenvalue weighted by Crippen LogP contribution is -2.74. The number of hydrogen-bond donors (Lipinski definition) is 0. The van der Waals surface area contributed by atoms with Gasteiger partial charge in [0.1, 0.15) is 0 Å². The molecular formula is C38H38O8.